The Balaban J connectivity index is 1.89. The van der Waals surface area contributed by atoms with Gasteiger partial charge in [0.1, 0.15) is 5.75 Å². The van der Waals surface area contributed by atoms with Gasteiger partial charge < -0.3 is 9.47 Å². The van der Waals surface area contributed by atoms with Crippen LogP contribution in [0.2, 0.25) is 0 Å². The van der Waals surface area contributed by atoms with Gasteiger partial charge >= 0.3 is 0 Å². The molecule has 1 aromatic carbocycles. The third-order valence-corrected chi connectivity index (χ3v) is 3.52. The van der Waals surface area contributed by atoms with E-state index in [9.17, 15) is 0 Å². The summed E-state index contributed by atoms with van der Waals surface area (Å²) in [5.74, 6) is 6.51. The van der Waals surface area contributed by atoms with Crippen molar-refractivity contribution in [1.29, 1.82) is 0 Å². The number of ether oxygens (including phenoxy) is 2. The lowest BCUT2D eigenvalue weighted by Crippen LogP contribution is -2.28. The fourth-order valence-corrected chi connectivity index (χ4v) is 2.41. The van der Waals surface area contributed by atoms with Crippen LogP contribution in [-0.4, -0.2) is 19.8 Å². The second-order valence-corrected chi connectivity index (χ2v) is 4.70. The molecule has 2 atom stereocenters. The molecule has 0 saturated carbocycles. The first-order valence-electron chi connectivity index (χ1n) is 6.55. The van der Waals surface area contributed by atoms with Crippen molar-refractivity contribution in [2.45, 2.75) is 37.8 Å². The van der Waals surface area contributed by atoms with Gasteiger partial charge in [-0.05, 0) is 43.4 Å². The third-order valence-electron chi connectivity index (χ3n) is 3.52. The van der Waals surface area contributed by atoms with E-state index in [1.807, 2.05) is 12.1 Å². The Bertz CT molecular complexity index is 347. The average Bonchev–Trinajstić information content (AvgIpc) is 2.93. The van der Waals surface area contributed by atoms with Crippen molar-refractivity contribution in [1.82, 2.24) is 5.43 Å². The number of hydrogen-bond donors (Lipinski definition) is 2. The highest BCUT2D eigenvalue weighted by atomic mass is 16.5. The van der Waals surface area contributed by atoms with Crippen LogP contribution in [0.4, 0.5) is 0 Å². The minimum absolute atomic E-state index is 0.181. The van der Waals surface area contributed by atoms with Gasteiger partial charge in [0.25, 0.3) is 0 Å². The Morgan fingerprint density at radius 1 is 1.44 bits per heavy atom. The standard InChI is InChI=1S/C14H22N2O2/c1-17-12-6-4-11(5-7-12)14(16-15)9-8-13-3-2-10-18-13/h4-7,13-14,16H,2-3,8-10,15H2,1H3. The molecular weight excluding hydrogens is 228 g/mol. The maximum absolute atomic E-state index is 5.64. The molecule has 1 heterocycles. The lowest BCUT2D eigenvalue weighted by molar-refractivity contribution is 0.0996. The van der Waals surface area contributed by atoms with Crippen molar-refractivity contribution in [3.63, 3.8) is 0 Å². The summed E-state index contributed by atoms with van der Waals surface area (Å²) in [5, 5.41) is 0. The Kier molecular flexibility index (Phi) is 4.99. The molecule has 0 amide bonds. The molecule has 1 aliphatic rings. The quantitative estimate of drug-likeness (QED) is 0.600. The summed E-state index contributed by atoms with van der Waals surface area (Å²) >= 11 is 0. The maximum atomic E-state index is 5.64. The van der Waals surface area contributed by atoms with Crippen molar-refractivity contribution >= 4 is 0 Å². The zero-order valence-corrected chi connectivity index (χ0v) is 10.9. The predicted molar refractivity (Wildman–Crippen MR) is 71.3 cm³/mol. The van der Waals surface area contributed by atoms with Gasteiger partial charge in [-0.1, -0.05) is 12.1 Å². The number of nitrogens with one attached hydrogen (secondary N) is 1. The zero-order chi connectivity index (χ0) is 12.8. The molecule has 1 aliphatic heterocycles. The van der Waals surface area contributed by atoms with Gasteiger partial charge in [0.15, 0.2) is 0 Å². The number of hydrazine groups is 1. The van der Waals surface area contributed by atoms with E-state index in [0.29, 0.717) is 6.10 Å². The van der Waals surface area contributed by atoms with Crippen LogP contribution in [0.25, 0.3) is 0 Å². The average molecular weight is 250 g/mol. The van der Waals surface area contributed by atoms with E-state index in [2.05, 4.69) is 17.6 Å². The molecule has 0 aromatic heterocycles. The smallest absolute Gasteiger partial charge is 0.118 e. The van der Waals surface area contributed by atoms with Crippen molar-refractivity contribution in [2.24, 2.45) is 5.84 Å². The largest absolute Gasteiger partial charge is 0.497 e. The van der Waals surface area contributed by atoms with E-state index >= 15 is 0 Å². The van der Waals surface area contributed by atoms with Crippen LogP contribution >= 0.6 is 0 Å². The second-order valence-electron chi connectivity index (χ2n) is 4.70. The molecule has 0 aliphatic carbocycles. The van der Waals surface area contributed by atoms with Crippen LogP contribution in [0.15, 0.2) is 24.3 Å². The summed E-state index contributed by atoms with van der Waals surface area (Å²) in [4.78, 5) is 0. The maximum Gasteiger partial charge on any atom is 0.118 e. The summed E-state index contributed by atoms with van der Waals surface area (Å²) in [6.45, 7) is 0.911. The fraction of sp³-hybridized carbons (Fsp3) is 0.571. The molecule has 4 heteroatoms. The van der Waals surface area contributed by atoms with Crippen LogP contribution in [0.3, 0.4) is 0 Å². The first-order chi connectivity index (χ1) is 8.83. The molecule has 4 nitrogen and oxygen atoms in total. The predicted octanol–water partition coefficient (Wildman–Crippen LogP) is 2.16. The van der Waals surface area contributed by atoms with Gasteiger partial charge in [0, 0.05) is 12.6 Å². The van der Waals surface area contributed by atoms with Gasteiger partial charge in [-0.15, -0.1) is 0 Å². The molecule has 1 saturated heterocycles. The summed E-state index contributed by atoms with van der Waals surface area (Å²) in [6.07, 6.45) is 4.83. The van der Waals surface area contributed by atoms with Gasteiger partial charge in [0.05, 0.1) is 13.2 Å². The molecule has 3 N–H and O–H groups in total. The Morgan fingerprint density at radius 3 is 2.78 bits per heavy atom. The second kappa shape index (κ2) is 6.73. The number of hydrogen-bond acceptors (Lipinski definition) is 4. The first kappa shape index (κ1) is 13.3. The van der Waals surface area contributed by atoms with Gasteiger partial charge in [-0.25, -0.2) is 0 Å². The van der Waals surface area contributed by atoms with Crippen LogP contribution in [0.5, 0.6) is 5.75 Å². The molecule has 2 unspecified atom stereocenters. The van der Waals surface area contributed by atoms with Crippen molar-refractivity contribution in [3.05, 3.63) is 29.8 Å². The van der Waals surface area contributed by atoms with Gasteiger partial charge in [-0.2, -0.15) is 0 Å². The minimum atomic E-state index is 0.181. The highest BCUT2D eigenvalue weighted by Crippen LogP contribution is 2.24. The van der Waals surface area contributed by atoms with E-state index < -0.39 is 0 Å². The highest BCUT2D eigenvalue weighted by molar-refractivity contribution is 5.29. The van der Waals surface area contributed by atoms with Crippen molar-refractivity contribution < 1.29 is 9.47 Å². The van der Waals surface area contributed by atoms with Crippen molar-refractivity contribution in [3.8, 4) is 5.75 Å². The summed E-state index contributed by atoms with van der Waals surface area (Å²) in [6, 6.07) is 8.22. The Morgan fingerprint density at radius 2 is 2.22 bits per heavy atom. The monoisotopic (exact) mass is 250 g/mol. The zero-order valence-electron chi connectivity index (χ0n) is 10.9. The fourth-order valence-electron chi connectivity index (χ4n) is 2.41. The van der Waals surface area contributed by atoms with Gasteiger partial charge in [-0.3, -0.25) is 11.3 Å². The number of rotatable bonds is 6. The normalized spacial score (nSPS) is 20.9. The minimum Gasteiger partial charge on any atom is -0.497 e. The molecule has 100 valence electrons. The Hall–Kier alpha value is -1.10. The third kappa shape index (κ3) is 3.45. The highest BCUT2D eigenvalue weighted by Gasteiger charge is 2.18. The molecule has 0 spiro atoms. The van der Waals surface area contributed by atoms with Gasteiger partial charge in [0.2, 0.25) is 0 Å². The summed E-state index contributed by atoms with van der Waals surface area (Å²) < 4.78 is 10.8. The van der Waals surface area contributed by atoms with E-state index in [4.69, 9.17) is 15.3 Å². The first-order valence-corrected chi connectivity index (χ1v) is 6.55. The molecule has 0 bridgehead atoms. The lowest BCUT2D eigenvalue weighted by Gasteiger charge is -2.18. The molecule has 1 fully saturated rings. The molecule has 2 rings (SSSR count). The van der Waals surface area contributed by atoms with Crippen molar-refractivity contribution in [2.75, 3.05) is 13.7 Å². The van der Waals surface area contributed by atoms with Crippen LogP contribution in [-0.2, 0) is 4.74 Å². The van der Waals surface area contributed by atoms with E-state index in [0.717, 1.165) is 25.2 Å². The molecule has 1 aromatic rings. The number of benzene rings is 1. The van der Waals surface area contributed by atoms with Crippen LogP contribution in [0, 0.1) is 0 Å². The summed E-state index contributed by atoms with van der Waals surface area (Å²) in [5.41, 5.74) is 4.07. The van der Waals surface area contributed by atoms with E-state index in [-0.39, 0.29) is 6.04 Å². The molecule has 18 heavy (non-hydrogen) atoms. The van der Waals surface area contributed by atoms with Crippen LogP contribution < -0.4 is 16.0 Å². The SMILES string of the molecule is COc1ccc(C(CCC2CCCO2)NN)cc1. The summed E-state index contributed by atoms with van der Waals surface area (Å²) in [7, 11) is 1.67. The molecule has 0 radical (unpaired) electrons. The number of methoxy groups -OCH3 is 1. The van der Waals surface area contributed by atoms with Crippen LogP contribution in [0.1, 0.15) is 37.3 Å². The molecular formula is C14H22N2O2. The number of nitrogens with two attached hydrogens (primary N) is 1. The van der Waals surface area contributed by atoms with E-state index in [1.165, 1.54) is 18.4 Å². The topological polar surface area (TPSA) is 56.5 Å². The van der Waals surface area contributed by atoms with E-state index in [1.54, 1.807) is 7.11 Å². The lowest BCUT2D eigenvalue weighted by atomic mass is 10.00. The Labute approximate surface area is 108 Å².